The van der Waals surface area contributed by atoms with Gasteiger partial charge >= 0.3 is 0 Å². The summed E-state index contributed by atoms with van der Waals surface area (Å²) in [5.74, 6) is 0.586. The van der Waals surface area contributed by atoms with Crippen LogP contribution in [-0.4, -0.2) is 20.2 Å². The third-order valence-corrected chi connectivity index (χ3v) is 2.68. The van der Waals surface area contributed by atoms with Gasteiger partial charge in [-0.25, -0.2) is 0 Å². The van der Waals surface area contributed by atoms with E-state index < -0.39 is 6.10 Å². The number of hydrogen-bond donors (Lipinski definition) is 1. The Morgan fingerprint density at radius 2 is 2.06 bits per heavy atom. The van der Waals surface area contributed by atoms with Gasteiger partial charge in [-0.05, 0) is 18.4 Å². The zero-order valence-corrected chi connectivity index (χ0v) is 9.74. The summed E-state index contributed by atoms with van der Waals surface area (Å²) in [5.41, 5.74) is 0.656. The molecule has 0 amide bonds. The summed E-state index contributed by atoms with van der Waals surface area (Å²) in [6.07, 6.45) is 0.928. The van der Waals surface area contributed by atoms with Gasteiger partial charge < -0.3 is 9.63 Å². The molecule has 0 aliphatic heterocycles. The van der Waals surface area contributed by atoms with E-state index in [2.05, 4.69) is 15.1 Å². The lowest BCUT2D eigenvalue weighted by molar-refractivity contribution is 0.152. The minimum absolute atomic E-state index is 0.194. The van der Waals surface area contributed by atoms with Crippen LogP contribution in [0.3, 0.4) is 0 Å². The van der Waals surface area contributed by atoms with E-state index in [0.29, 0.717) is 11.5 Å². The van der Waals surface area contributed by atoms with Crippen LogP contribution in [0.25, 0.3) is 22.3 Å². The Morgan fingerprint density at radius 1 is 1.22 bits per heavy atom. The monoisotopic (exact) mass is 241 g/mol. The van der Waals surface area contributed by atoms with E-state index >= 15 is 0 Å². The van der Waals surface area contributed by atoms with Gasteiger partial charge in [-0.3, -0.25) is 4.98 Å². The van der Waals surface area contributed by atoms with Crippen LogP contribution >= 0.6 is 0 Å². The molecule has 5 nitrogen and oxygen atoms in total. The van der Waals surface area contributed by atoms with Gasteiger partial charge in [0.15, 0.2) is 0 Å². The van der Waals surface area contributed by atoms with Crippen molar-refractivity contribution in [3.05, 3.63) is 42.4 Å². The second-order valence-corrected chi connectivity index (χ2v) is 4.01. The molecule has 0 radical (unpaired) electrons. The van der Waals surface area contributed by atoms with Crippen LogP contribution in [0.1, 0.15) is 18.9 Å². The maximum absolute atomic E-state index is 9.38. The highest BCUT2D eigenvalue weighted by Crippen LogP contribution is 2.24. The predicted octanol–water partition coefficient (Wildman–Crippen LogP) is 2.34. The molecular weight excluding hydrogens is 230 g/mol. The van der Waals surface area contributed by atoms with Crippen LogP contribution < -0.4 is 0 Å². The minimum atomic E-state index is -0.777. The molecule has 90 valence electrons. The lowest BCUT2D eigenvalue weighted by Crippen LogP contribution is -1.91. The first-order chi connectivity index (χ1) is 8.75. The highest BCUT2D eigenvalue weighted by molar-refractivity contribution is 5.92. The highest BCUT2D eigenvalue weighted by Gasteiger charge is 2.15. The van der Waals surface area contributed by atoms with Crippen molar-refractivity contribution in [3.8, 4) is 11.5 Å². The molecule has 0 spiro atoms. The van der Waals surface area contributed by atoms with Gasteiger partial charge in [-0.2, -0.15) is 4.98 Å². The maximum Gasteiger partial charge on any atom is 0.255 e. The van der Waals surface area contributed by atoms with Crippen molar-refractivity contribution in [2.24, 2.45) is 0 Å². The SMILES string of the molecule is C[C@H](O)c1nc(-c2nccc3ccccc23)no1. The molecule has 18 heavy (non-hydrogen) atoms. The first kappa shape index (κ1) is 10.9. The van der Waals surface area contributed by atoms with Gasteiger partial charge in [0.2, 0.25) is 5.82 Å². The van der Waals surface area contributed by atoms with Crippen LogP contribution in [-0.2, 0) is 0 Å². The number of pyridine rings is 1. The van der Waals surface area contributed by atoms with Gasteiger partial charge in [0.25, 0.3) is 5.89 Å². The predicted molar refractivity (Wildman–Crippen MR) is 65.7 cm³/mol. The molecule has 2 aromatic heterocycles. The number of fused-ring (bicyclic) bond motifs is 1. The Kier molecular flexibility index (Phi) is 2.53. The number of benzene rings is 1. The Balaban J connectivity index is 2.18. The summed E-state index contributed by atoms with van der Waals surface area (Å²) in [4.78, 5) is 8.42. The number of aliphatic hydroxyl groups is 1. The molecule has 0 bridgehead atoms. The van der Waals surface area contributed by atoms with Crippen molar-refractivity contribution in [3.63, 3.8) is 0 Å². The fraction of sp³-hybridized carbons (Fsp3) is 0.154. The van der Waals surface area contributed by atoms with Crippen LogP contribution in [0.2, 0.25) is 0 Å². The molecule has 0 aliphatic rings. The largest absolute Gasteiger partial charge is 0.384 e. The van der Waals surface area contributed by atoms with Crippen molar-refractivity contribution in [2.45, 2.75) is 13.0 Å². The second-order valence-electron chi connectivity index (χ2n) is 4.01. The van der Waals surface area contributed by atoms with E-state index in [1.165, 1.54) is 0 Å². The number of aliphatic hydroxyl groups excluding tert-OH is 1. The van der Waals surface area contributed by atoms with E-state index in [1.54, 1.807) is 13.1 Å². The van der Waals surface area contributed by atoms with E-state index in [1.807, 2.05) is 30.3 Å². The molecule has 0 saturated heterocycles. The summed E-state index contributed by atoms with van der Waals surface area (Å²) in [6.45, 7) is 1.58. The number of rotatable bonds is 2. The molecule has 3 aromatic rings. The third-order valence-electron chi connectivity index (χ3n) is 2.68. The minimum Gasteiger partial charge on any atom is -0.384 e. The van der Waals surface area contributed by atoms with Crippen LogP contribution in [0, 0.1) is 0 Å². The van der Waals surface area contributed by atoms with Crippen molar-refractivity contribution in [1.82, 2.24) is 15.1 Å². The molecule has 2 heterocycles. The van der Waals surface area contributed by atoms with Gasteiger partial charge in [0, 0.05) is 11.6 Å². The standard InChI is InChI=1S/C13H11N3O2/c1-8(17)13-15-12(16-18-13)11-10-5-3-2-4-9(10)6-7-14-11/h2-8,17H,1H3/t8-/m0/s1. The fourth-order valence-electron chi connectivity index (χ4n) is 1.80. The topological polar surface area (TPSA) is 72.0 Å². The van der Waals surface area contributed by atoms with Crippen LogP contribution in [0.4, 0.5) is 0 Å². The zero-order chi connectivity index (χ0) is 12.5. The van der Waals surface area contributed by atoms with Crippen LogP contribution in [0.5, 0.6) is 0 Å². The lowest BCUT2D eigenvalue weighted by Gasteiger charge is -2.00. The van der Waals surface area contributed by atoms with E-state index in [4.69, 9.17) is 4.52 Å². The Hall–Kier alpha value is -2.27. The molecule has 0 unspecified atom stereocenters. The first-order valence-electron chi connectivity index (χ1n) is 5.61. The average molecular weight is 241 g/mol. The summed E-state index contributed by atoms with van der Waals surface area (Å²) >= 11 is 0. The summed E-state index contributed by atoms with van der Waals surface area (Å²) in [5, 5.41) is 15.2. The van der Waals surface area contributed by atoms with Crippen molar-refractivity contribution < 1.29 is 9.63 Å². The molecule has 1 N–H and O–H groups in total. The van der Waals surface area contributed by atoms with Gasteiger partial charge in [0.1, 0.15) is 11.8 Å². The molecule has 3 rings (SSSR count). The fourth-order valence-corrected chi connectivity index (χ4v) is 1.80. The van der Waals surface area contributed by atoms with Gasteiger partial charge in [-0.15, -0.1) is 0 Å². The zero-order valence-electron chi connectivity index (χ0n) is 9.74. The Labute approximate surface area is 103 Å². The van der Waals surface area contributed by atoms with Crippen molar-refractivity contribution in [1.29, 1.82) is 0 Å². The quantitative estimate of drug-likeness (QED) is 0.745. The third kappa shape index (κ3) is 1.74. The number of aromatic nitrogens is 3. The first-order valence-corrected chi connectivity index (χ1v) is 5.61. The summed E-state index contributed by atoms with van der Waals surface area (Å²) in [6, 6.07) is 9.77. The molecule has 5 heteroatoms. The van der Waals surface area contributed by atoms with Crippen LogP contribution in [0.15, 0.2) is 41.1 Å². The average Bonchev–Trinajstić information content (AvgIpc) is 2.87. The number of nitrogens with zero attached hydrogens (tertiary/aromatic N) is 3. The molecule has 1 aromatic carbocycles. The number of hydrogen-bond acceptors (Lipinski definition) is 5. The second kappa shape index (κ2) is 4.19. The van der Waals surface area contributed by atoms with E-state index in [9.17, 15) is 5.11 Å². The van der Waals surface area contributed by atoms with Crippen molar-refractivity contribution >= 4 is 10.8 Å². The van der Waals surface area contributed by atoms with Crippen molar-refractivity contribution in [2.75, 3.05) is 0 Å². The van der Waals surface area contributed by atoms with E-state index in [-0.39, 0.29) is 5.89 Å². The molecule has 0 fully saturated rings. The van der Waals surface area contributed by atoms with Gasteiger partial charge in [-0.1, -0.05) is 29.4 Å². The molecule has 0 aliphatic carbocycles. The molecular formula is C13H11N3O2. The lowest BCUT2D eigenvalue weighted by atomic mass is 10.1. The molecule has 0 saturated carbocycles. The Morgan fingerprint density at radius 3 is 2.83 bits per heavy atom. The summed E-state index contributed by atoms with van der Waals surface area (Å²) in [7, 11) is 0. The smallest absolute Gasteiger partial charge is 0.255 e. The summed E-state index contributed by atoms with van der Waals surface area (Å²) < 4.78 is 4.98. The normalized spacial score (nSPS) is 12.8. The van der Waals surface area contributed by atoms with E-state index in [0.717, 1.165) is 10.8 Å². The highest BCUT2D eigenvalue weighted by atomic mass is 16.5. The Bertz CT molecular complexity index is 686. The molecule has 1 atom stereocenters. The maximum atomic E-state index is 9.38. The van der Waals surface area contributed by atoms with Gasteiger partial charge in [0.05, 0.1) is 0 Å².